The molecule has 4 aromatic heterocycles. The summed E-state index contributed by atoms with van der Waals surface area (Å²) in [6.07, 6.45) is 18.8. The van der Waals surface area contributed by atoms with Gasteiger partial charge in [-0.2, -0.15) is 0 Å². The molecule has 6 aromatic carbocycles. The van der Waals surface area contributed by atoms with Gasteiger partial charge in [0.1, 0.15) is 0 Å². The van der Waals surface area contributed by atoms with Crippen LogP contribution in [-0.2, 0) is 12.8 Å². The molecular formula is C52H52S4. The summed E-state index contributed by atoms with van der Waals surface area (Å²) < 4.78 is 11.5. The Morgan fingerprint density at radius 3 is 1.18 bits per heavy atom. The van der Waals surface area contributed by atoms with Gasteiger partial charge >= 0.3 is 0 Å². The maximum absolute atomic E-state index is 2.43. The van der Waals surface area contributed by atoms with E-state index in [9.17, 15) is 0 Å². The third-order valence-electron chi connectivity index (χ3n) is 11.7. The topological polar surface area (TPSA) is 0 Å². The highest BCUT2D eigenvalue weighted by molar-refractivity contribution is 7.37. The van der Waals surface area contributed by atoms with E-state index in [2.05, 4.69) is 123 Å². The van der Waals surface area contributed by atoms with E-state index in [0.717, 1.165) is 0 Å². The summed E-state index contributed by atoms with van der Waals surface area (Å²) in [6, 6.07) is 41.5. The number of aryl methyl sites for hydroxylation is 2. The summed E-state index contributed by atoms with van der Waals surface area (Å²) in [6.45, 7) is 4.57. The van der Waals surface area contributed by atoms with Crippen LogP contribution in [0.3, 0.4) is 0 Å². The van der Waals surface area contributed by atoms with E-state index in [4.69, 9.17) is 0 Å². The van der Waals surface area contributed by atoms with Gasteiger partial charge in [-0.1, -0.05) is 151 Å². The maximum atomic E-state index is 2.43. The van der Waals surface area contributed by atoms with Crippen molar-refractivity contribution in [3.8, 4) is 0 Å². The largest absolute Gasteiger partial charge is 0.134 e. The van der Waals surface area contributed by atoms with Crippen LogP contribution in [0.4, 0.5) is 0 Å². The number of benzene rings is 6. The minimum Gasteiger partial charge on any atom is -0.134 e. The molecule has 0 amide bonds. The Bertz CT molecular complexity index is 2710. The molecule has 0 atom stereocenters. The van der Waals surface area contributed by atoms with Crippen molar-refractivity contribution >= 4 is 126 Å². The second-order valence-electron chi connectivity index (χ2n) is 15.8. The van der Waals surface area contributed by atoms with Gasteiger partial charge in [0.2, 0.25) is 0 Å². The smallest absolute Gasteiger partial charge is 0.0542 e. The highest BCUT2D eigenvalue weighted by Crippen LogP contribution is 2.46. The van der Waals surface area contributed by atoms with Crippen LogP contribution >= 0.6 is 45.3 Å². The molecule has 284 valence electrons. The normalized spacial score (nSPS) is 12.0. The van der Waals surface area contributed by atoms with Crippen LogP contribution in [-0.4, -0.2) is 0 Å². The molecule has 56 heavy (non-hydrogen) atoms. The van der Waals surface area contributed by atoms with Crippen molar-refractivity contribution < 1.29 is 0 Å². The molecule has 0 aliphatic carbocycles. The van der Waals surface area contributed by atoms with E-state index in [1.807, 2.05) is 45.3 Å². The lowest BCUT2D eigenvalue weighted by atomic mass is 10.0. The third kappa shape index (κ3) is 7.88. The quantitative estimate of drug-likeness (QED) is 0.0961. The van der Waals surface area contributed by atoms with Crippen LogP contribution in [0.1, 0.15) is 102 Å². The van der Waals surface area contributed by atoms with Crippen LogP contribution in [0.15, 0.2) is 109 Å². The molecule has 4 heterocycles. The first kappa shape index (κ1) is 37.8. The molecule has 0 aliphatic rings. The highest BCUT2D eigenvalue weighted by atomic mass is 32.1. The van der Waals surface area contributed by atoms with E-state index >= 15 is 0 Å². The van der Waals surface area contributed by atoms with E-state index in [1.165, 1.54) is 182 Å². The fourth-order valence-electron chi connectivity index (χ4n) is 8.53. The lowest BCUT2D eigenvalue weighted by molar-refractivity contribution is 0.607. The number of hydrogen-bond donors (Lipinski definition) is 0. The van der Waals surface area contributed by atoms with Crippen LogP contribution in [0, 0.1) is 0 Å². The summed E-state index contributed by atoms with van der Waals surface area (Å²) >= 11 is 7.79. The van der Waals surface area contributed by atoms with Gasteiger partial charge in [0.05, 0.1) is 18.8 Å². The lowest BCUT2D eigenvalue weighted by Crippen LogP contribution is -1.87. The minimum absolute atomic E-state index is 1.21. The summed E-state index contributed by atoms with van der Waals surface area (Å²) in [4.78, 5) is 0. The second-order valence-corrected chi connectivity index (χ2v) is 20.0. The fourth-order valence-corrected chi connectivity index (χ4v) is 13.9. The summed E-state index contributed by atoms with van der Waals surface area (Å²) in [5.41, 5.74) is 2.98. The zero-order chi connectivity index (χ0) is 37.8. The number of hydrogen-bond acceptors (Lipinski definition) is 4. The van der Waals surface area contributed by atoms with Crippen molar-refractivity contribution in [2.75, 3.05) is 0 Å². The van der Waals surface area contributed by atoms with Gasteiger partial charge in [0.25, 0.3) is 0 Å². The molecule has 10 rings (SSSR count). The van der Waals surface area contributed by atoms with Gasteiger partial charge in [0, 0.05) is 40.3 Å². The van der Waals surface area contributed by atoms with Crippen molar-refractivity contribution in [1.29, 1.82) is 0 Å². The predicted molar refractivity (Wildman–Crippen MR) is 259 cm³/mol. The first-order chi connectivity index (χ1) is 27.7. The predicted octanol–water partition coefficient (Wildman–Crippen LogP) is 18.7. The molecule has 0 radical (unpaired) electrons. The van der Waals surface area contributed by atoms with Crippen LogP contribution < -0.4 is 0 Å². The fraction of sp³-hybridized carbons (Fsp3) is 0.308. The van der Waals surface area contributed by atoms with Gasteiger partial charge < -0.3 is 0 Å². The molecule has 0 N–H and O–H groups in total. The van der Waals surface area contributed by atoms with Crippen LogP contribution in [0.5, 0.6) is 0 Å². The number of unbranched alkanes of at least 4 members (excludes halogenated alkanes) is 10. The van der Waals surface area contributed by atoms with Gasteiger partial charge in [-0.05, 0) is 94.8 Å². The first-order valence-corrected chi connectivity index (χ1v) is 24.5. The van der Waals surface area contributed by atoms with Crippen LogP contribution in [0.2, 0.25) is 0 Å². The average molecular weight is 805 g/mol. The molecule has 10 aromatic rings. The molecule has 0 nitrogen and oxygen atoms in total. The van der Waals surface area contributed by atoms with E-state index in [1.54, 1.807) is 0 Å². The molecular weight excluding hydrogens is 753 g/mol. The summed E-state index contributed by atoms with van der Waals surface area (Å²) in [7, 11) is 0. The van der Waals surface area contributed by atoms with Gasteiger partial charge in [-0.25, -0.2) is 0 Å². The first-order valence-electron chi connectivity index (χ1n) is 21.2. The van der Waals surface area contributed by atoms with Crippen LogP contribution in [0.25, 0.3) is 80.7 Å². The number of fused-ring (bicyclic) bond motifs is 12. The van der Waals surface area contributed by atoms with Crippen molar-refractivity contribution in [3.05, 3.63) is 120 Å². The Morgan fingerprint density at radius 2 is 0.714 bits per heavy atom. The Morgan fingerprint density at radius 1 is 0.321 bits per heavy atom. The molecule has 4 heteroatoms. The van der Waals surface area contributed by atoms with Gasteiger partial charge in [-0.3, -0.25) is 0 Å². The molecule has 0 saturated carbocycles. The molecule has 0 saturated heterocycles. The maximum Gasteiger partial charge on any atom is 0.0542 e. The summed E-state index contributed by atoms with van der Waals surface area (Å²) in [5, 5.41) is 11.2. The van der Waals surface area contributed by atoms with Crippen molar-refractivity contribution in [3.63, 3.8) is 0 Å². The average Bonchev–Trinajstić information content (AvgIpc) is 3.97. The third-order valence-corrected chi connectivity index (χ3v) is 16.7. The SMILES string of the molecule is CCCCCCCCc1ccc2cc3sc4c5ccccc5sc4c3cc2c1.CCCCCCCCc1ccc2cc3sc4c5ccccc5sc4c3cc2c1. The molecule has 0 bridgehead atoms. The standard InChI is InChI=1S/2C26H26S2/c2*1-2-3-4-5-6-7-10-18-13-14-19-17-24-22(16-20(19)15-18)26-25(28-24)21-11-8-9-12-23(21)27-26/h2*8-9,11-17H,2-7,10H2,1H3. The molecule has 0 unspecified atom stereocenters. The molecule has 0 spiro atoms. The second kappa shape index (κ2) is 17.4. The van der Waals surface area contributed by atoms with E-state index < -0.39 is 0 Å². The Labute approximate surface area is 347 Å². The minimum atomic E-state index is 1.21. The van der Waals surface area contributed by atoms with Crippen molar-refractivity contribution in [1.82, 2.24) is 0 Å². The van der Waals surface area contributed by atoms with E-state index in [0.29, 0.717) is 0 Å². The lowest BCUT2D eigenvalue weighted by Gasteiger charge is -2.05. The number of rotatable bonds is 14. The zero-order valence-corrected chi connectivity index (χ0v) is 36.2. The zero-order valence-electron chi connectivity index (χ0n) is 32.9. The van der Waals surface area contributed by atoms with Crippen molar-refractivity contribution in [2.24, 2.45) is 0 Å². The Kier molecular flexibility index (Phi) is 11.7. The van der Waals surface area contributed by atoms with E-state index in [-0.39, 0.29) is 0 Å². The highest BCUT2D eigenvalue weighted by Gasteiger charge is 2.14. The molecule has 0 aliphatic heterocycles. The molecule has 0 fully saturated rings. The Balaban J connectivity index is 0.000000146. The van der Waals surface area contributed by atoms with Gasteiger partial charge in [0.15, 0.2) is 0 Å². The summed E-state index contributed by atoms with van der Waals surface area (Å²) in [5.74, 6) is 0. The number of thiophene rings is 4. The van der Waals surface area contributed by atoms with Gasteiger partial charge in [-0.15, -0.1) is 45.3 Å². The van der Waals surface area contributed by atoms with Crippen molar-refractivity contribution in [2.45, 2.75) is 104 Å². The Hall–Kier alpha value is -3.80. The monoisotopic (exact) mass is 804 g/mol.